The first-order valence-corrected chi connectivity index (χ1v) is 7.45. The number of hydrogen-bond acceptors (Lipinski definition) is 3. The van der Waals surface area contributed by atoms with Gasteiger partial charge in [0.25, 0.3) is 0 Å². The van der Waals surface area contributed by atoms with E-state index in [1.807, 2.05) is 85.0 Å². The van der Waals surface area contributed by atoms with Crippen LogP contribution in [0.5, 0.6) is 5.75 Å². The quantitative estimate of drug-likeness (QED) is 0.661. The first kappa shape index (κ1) is 15.0. The molecule has 23 heavy (non-hydrogen) atoms. The minimum absolute atomic E-state index is 0.343. The van der Waals surface area contributed by atoms with Gasteiger partial charge in [0.05, 0.1) is 5.69 Å². The van der Waals surface area contributed by atoms with Crippen LogP contribution in [0.15, 0.2) is 73.0 Å². The lowest BCUT2D eigenvalue weighted by molar-refractivity contribution is -0.195. The molecule has 1 aromatic carbocycles. The summed E-state index contributed by atoms with van der Waals surface area (Å²) >= 11 is 0. The Balaban J connectivity index is 1.87. The molecule has 0 bridgehead atoms. The first-order chi connectivity index (χ1) is 11.4. The van der Waals surface area contributed by atoms with Crippen LogP contribution in [0.3, 0.4) is 0 Å². The average molecular weight is 303 g/mol. The van der Waals surface area contributed by atoms with E-state index in [1.54, 1.807) is 6.20 Å². The van der Waals surface area contributed by atoms with Crippen molar-refractivity contribution in [3.8, 4) is 5.75 Å². The number of para-hydroxylation sites is 1. The zero-order valence-corrected chi connectivity index (χ0v) is 12.6. The summed E-state index contributed by atoms with van der Waals surface area (Å²) in [6, 6.07) is 11.7. The van der Waals surface area contributed by atoms with Gasteiger partial charge < -0.3 is 4.89 Å². The highest BCUT2D eigenvalue weighted by atomic mass is 17.2. The van der Waals surface area contributed by atoms with E-state index in [0.717, 1.165) is 16.8 Å². The molecule has 1 aromatic heterocycles. The molecule has 0 aliphatic carbocycles. The lowest BCUT2D eigenvalue weighted by atomic mass is 10.1. The number of aromatic nitrogens is 1. The van der Waals surface area contributed by atoms with Crippen LogP contribution < -0.4 is 4.89 Å². The molecule has 3 nitrogen and oxygen atoms in total. The fourth-order valence-electron chi connectivity index (χ4n) is 2.15. The maximum absolute atomic E-state index is 5.39. The highest BCUT2D eigenvalue weighted by molar-refractivity contribution is 5.63. The molecule has 2 aromatic rings. The number of benzene rings is 1. The van der Waals surface area contributed by atoms with Gasteiger partial charge in [-0.25, -0.2) is 0 Å². The largest absolute Gasteiger partial charge is 0.337 e. The minimum atomic E-state index is 0.343. The number of pyridine rings is 1. The minimum Gasteiger partial charge on any atom is -0.337 e. The van der Waals surface area contributed by atoms with Crippen molar-refractivity contribution in [2.75, 3.05) is 6.61 Å². The summed E-state index contributed by atoms with van der Waals surface area (Å²) < 4.78 is 0. The van der Waals surface area contributed by atoms with Crippen LogP contribution in [-0.4, -0.2) is 11.6 Å². The van der Waals surface area contributed by atoms with E-state index in [4.69, 9.17) is 9.78 Å². The van der Waals surface area contributed by atoms with Crippen molar-refractivity contribution >= 4 is 18.2 Å². The van der Waals surface area contributed by atoms with Crippen LogP contribution in [0, 0.1) is 0 Å². The van der Waals surface area contributed by atoms with Gasteiger partial charge >= 0.3 is 0 Å². The Hall–Kier alpha value is -2.91. The van der Waals surface area contributed by atoms with Crippen molar-refractivity contribution in [3.05, 3.63) is 89.8 Å². The van der Waals surface area contributed by atoms with Gasteiger partial charge in [0.15, 0.2) is 5.75 Å². The second-order valence-electron chi connectivity index (χ2n) is 4.89. The summed E-state index contributed by atoms with van der Waals surface area (Å²) in [5.41, 5.74) is 2.91. The molecule has 0 unspecified atom stereocenters. The lowest BCUT2D eigenvalue weighted by Gasteiger charge is -2.06. The zero-order valence-electron chi connectivity index (χ0n) is 12.6. The fraction of sp³-hybridized carbons (Fsp3) is 0.0500. The Morgan fingerprint density at radius 3 is 2.48 bits per heavy atom. The van der Waals surface area contributed by atoms with Crippen LogP contribution in [0.4, 0.5) is 0 Å². The summed E-state index contributed by atoms with van der Waals surface area (Å²) in [7, 11) is 0. The third-order valence-electron chi connectivity index (χ3n) is 3.26. The molecule has 0 spiro atoms. The lowest BCUT2D eigenvalue weighted by Crippen LogP contribution is -1.98. The normalized spacial score (nSPS) is 19.8. The Morgan fingerprint density at radius 2 is 1.57 bits per heavy atom. The van der Waals surface area contributed by atoms with Crippen LogP contribution in [-0.2, 0) is 4.89 Å². The number of fused-ring (bicyclic) bond motifs is 2. The van der Waals surface area contributed by atoms with E-state index < -0.39 is 0 Å². The topological polar surface area (TPSA) is 31.4 Å². The average Bonchev–Trinajstić information content (AvgIpc) is 2.60. The van der Waals surface area contributed by atoms with Crippen LogP contribution in [0.25, 0.3) is 18.2 Å². The molecule has 1 aliphatic heterocycles. The monoisotopic (exact) mass is 303 g/mol. The van der Waals surface area contributed by atoms with Crippen molar-refractivity contribution in [1.82, 2.24) is 4.98 Å². The van der Waals surface area contributed by atoms with Gasteiger partial charge in [-0.15, -0.1) is 0 Å². The van der Waals surface area contributed by atoms with E-state index in [-0.39, 0.29) is 0 Å². The maximum atomic E-state index is 5.39. The second-order valence-corrected chi connectivity index (χ2v) is 4.89. The standard InChI is InChI=1S/C20H17NO2/c1-2-4-10-18-11-5-6-14-20(18)23-22-16-8-13-19-17(9-3-1)12-7-15-21-19/h1-15H,16H2/b2-1-,9-3-,10-4-,13-8-. The van der Waals surface area contributed by atoms with E-state index in [1.165, 1.54) is 0 Å². The molecule has 0 amide bonds. The molecule has 114 valence electrons. The van der Waals surface area contributed by atoms with Crippen molar-refractivity contribution < 1.29 is 9.78 Å². The number of rotatable bonds is 0. The van der Waals surface area contributed by atoms with Crippen LogP contribution in [0.2, 0.25) is 0 Å². The van der Waals surface area contributed by atoms with E-state index in [2.05, 4.69) is 4.98 Å². The zero-order chi connectivity index (χ0) is 15.7. The van der Waals surface area contributed by atoms with E-state index >= 15 is 0 Å². The molecular formula is C20H17NO2. The summed E-state index contributed by atoms with van der Waals surface area (Å²) in [6.07, 6.45) is 17.5. The van der Waals surface area contributed by atoms with E-state index in [0.29, 0.717) is 12.4 Å². The van der Waals surface area contributed by atoms with Gasteiger partial charge in [0.1, 0.15) is 6.61 Å². The summed E-state index contributed by atoms with van der Waals surface area (Å²) in [5, 5.41) is 0. The van der Waals surface area contributed by atoms with Gasteiger partial charge in [0.2, 0.25) is 0 Å². The molecular weight excluding hydrogens is 286 g/mol. The third kappa shape index (κ3) is 4.28. The fourth-order valence-corrected chi connectivity index (χ4v) is 2.15. The molecule has 2 heterocycles. The van der Waals surface area contributed by atoms with Crippen LogP contribution in [0.1, 0.15) is 16.8 Å². The molecule has 0 atom stereocenters. The van der Waals surface area contributed by atoms with E-state index in [9.17, 15) is 0 Å². The van der Waals surface area contributed by atoms with Crippen molar-refractivity contribution in [3.63, 3.8) is 0 Å². The van der Waals surface area contributed by atoms with Crippen LogP contribution >= 0.6 is 0 Å². The van der Waals surface area contributed by atoms with Gasteiger partial charge in [-0.05, 0) is 18.2 Å². The highest BCUT2D eigenvalue weighted by Crippen LogP contribution is 2.20. The molecule has 3 rings (SSSR count). The molecule has 0 fully saturated rings. The Morgan fingerprint density at radius 1 is 0.783 bits per heavy atom. The summed E-state index contributed by atoms with van der Waals surface area (Å²) in [6.45, 7) is 0.343. The first-order valence-electron chi connectivity index (χ1n) is 7.45. The Labute approximate surface area is 135 Å². The number of hydrogen-bond donors (Lipinski definition) is 0. The molecule has 0 radical (unpaired) electrons. The molecule has 1 aliphatic rings. The third-order valence-corrected chi connectivity index (χ3v) is 3.26. The van der Waals surface area contributed by atoms with Crippen molar-refractivity contribution in [2.45, 2.75) is 0 Å². The molecule has 0 N–H and O–H groups in total. The molecule has 3 heteroatoms. The Bertz CT molecular complexity index is 773. The number of allylic oxidation sites excluding steroid dienone is 4. The van der Waals surface area contributed by atoms with Crippen molar-refractivity contribution in [2.24, 2.45) is 0 Å². The second kappa shape index (κ2) is 7.92. The summed E-state index contributed by atoms with van der Waals surface area (Å²) in [5.74, 6) is 0.689. The predicted molar refractivity (Wildman–Crippen MR) is 93.5 cm³/mol. The van der Waals surface area contributed by atoms with Gasteiger partial charge in [-0.1, -0.05) is 66.8 Å². The number of nitrogens with zero attached hydrogens (tertiary/aromatic N) is 1. The maximum Gasteiger partial charge on any atom is 0.172 e. The van der Waals surface area contributed by atoms with Gasteiger partial charge in [-0.3, -0.25) is 4.98 Å². The predicted octanol–water partition coefficient (Wildman–Crippen LogP) is 4.70. The summed E-state index contributed by atoms with van der Waals surface area (Å²) in [4.78, 5) is 15.0. The van der Waals surface area contributed by atoms with Gasteiger partial charge in [-0.2, -0.15) is 4.89 Å². The SMILES string of the molecule is C1=C\C=C/c2cccnc2/C=C\COOc2ccccc2\C=C/1. The highest BCUT2D eigenvalue weighted by Gasteiger charge is 2.00. The smallest absolute Gasteiger partial charge is 0.172 e. The molecule has 0 saturated heterocycles. The van der Waals surface area contributed by atoms with Gasteiger partial charge in [0, 0.05) is 17.3 Å². The Kier molecular flexibility index (Phi) is 5.16. The van der Waals surface area contributed by atoms with Crippen molar-refractivity contribution in [1.29, 1.82) is 0 Å². The molecule has 0 saturated carbocycles.